The fourth-order valence-electron chi connectivity index (χ4n) is 5.38. The normalized spacial score (nSPS) is 23.8. The molecule has 1 aromatic heterocycles. The van der Waals surface area contributed by atoms with Gasteiger partial charge in [0.15, 0.2) is 15.6 Å². The van der Waals surface area contributed by atoms with Crippen LogP contribution < -0.4 is 0 Å². The van der Waals surface area contributed by atoms with Crippen molar-refractivity contribution in [2.75, 3.05) is 6.26 Å². The molecular weight excluding hydrogens is 438 g/mol. The molecular formula is C23H28ClNO5S. The zero-order chi connectivity index (χ0) is 22.5. The minimum absolute atomic E-state index is 0.0338. The van der Waals surface area contributed by atoms with Gasteiger partial charge >= 0.3 is 5.97 Å². The molecule has 0 bridgehead atoms. The molecule has 0 amide bonds. The van der Waals surface area contributed by atoms with Crippen molar-refractivity contribution in [3.8, 4) is 0 Å². The highest BCUT2D eigenvalue weighted by atomic mass is 35.5. The van der Waals surface area contributed by atoms with Gasteiger partial charge in [-0.1, -0.05) is 0 Å². The smallest absolute Gasteiger partial charge is 0.304 e. The molecule has 168 valence electrons. The van der Waals surface area contributed by atoms with Gasteiger partial charge in [-0.25, -0.2) is 8.42 Å². The number of hydrogen-bond donors (Lipinski definition) is 1. The summed E-state index contributed by atoms with van der Waals surface area (Å²) in [7, 11) is -3.49. The average molecular weight is 466 g/mol. The van der Waals surface area contributed by atoms with Crippen molar-refractivity contribution in [3.63, 3.8) is 0 Å². The fraction of sp³-hybridized carbons (Fsp3) is 0.565. The predicted octanol–water partition coefficient (Wildman–Crippen LogP) is 4.55. The molecule has 2 aromatic rings. The van der Waals surface area contributed by atoms with Crippen LogP contribution in [0.1, 0.15) is 73.0 Å². The number of alkyl halides is 1. The van der Waals surface area contributed by atoms with Gasteiger partial charge in [0.25, 0.3) is 0 Å². The average Bonchev–Trinajstić information content (AvgIpc) is 3.21. The van der Waals surface area contributed by atoms with Gasteiger partial charge in [0.05, 0.1) is 16.8 Å². The molecule has 0 saturated heterocycles. The van der Waals surface area contributed by atoms with Crippen molar-refractivity contribution in [1.29, 1.82) is 0 Å². The second-order valence-corrected chi connectivity index (χ2v) is 11.8. The summed E-state index contributed by atoms with van der Waals surface area (Å²) in [5.74, 6) is -0.769. The van der Waals surface area contributed by atoms with Crippen molar-refractivity contribution < 1.29 is 23.1 Å². The predicted molar refractivity (Wildman–Crippen MR) is 120 cm³/mol. The number of carboxylic acid groups (broad SMARTS) is 1. The number of benzene rings is 1. The Kier molecular flexibility index (Phi) is 5.94. The number of carbonyl (C=O) groups excluding carboxylic acids is 1. The fourth-order valence-corrected chi connectivity index (χ4v) is 6.29. The summed E-state index contributed by atoms with van der Waals surface area (Å²) < 4.78 is 26.8. The number of rotatable bonds is 6. The van der Waals surface area contributed by atoms with Gasteiger partial charge in [-0.05, 0) is 69.1 Å². The number of halogens is 1. The molecule has 2 aliphatic rings. The summed E-state index contributed by atoms with van der Waals surface area (Å²) in [4.78, 5) is 24.2. The molecule has 1 saturated carbocycles. The molecule has 1 heterocycles. The Morgan fingerprint density at radius 1 is 1.16 bits per heavy atom. The van der Waals surface area contributed by atoms with Crippen LogP contribution in [-0.4, -0.2) is 41.5 Å². The van der Waals surface area contributed by atoms with Gasteiger partial charge in [-0.15, -0.1) is 11.6 Å². The number of aliphatic carboxylic acids is 1. The van der Waals surface area contributed by atoms with Gasteiger partial charge in [0.2, 0.25) is 0 Å². The first-order valence-electron chi connectivity index (χ1n) is 10.8. The first-order chi connectivity index (χ1) is 14.6. The molecule has 0 aliphatic heterocycles. The third-order valence-corrected chi connectivity index (χ3v) is 8.38. The van der Waals surface area contributed by atoms with Crippen LogP contribution in [0.15, 0.2) is 17.0 Å². The molecule has 1 fully saturated rings. The summed E-state index contributed by atoms with van der Waals surface area (Å²) >= 11 is 6.29. The maximum absolute atomic E-state index is 12.6. The Balaban J connectivity index is 1.94. The first-order valence-corrected chi connectivity index (χ1v) is 13.1. The van der Waals surface area contributed by atoms with Crippen LogP contribution in [0.3, 0.4) is 0 Å². The lowest BCUT2D eigenvalue weighted by molar-refractivity contribution is -0.137. The summed E-state index contributed by atoms with van der Waals surface area (Å²) in [5, 5.41) is 10.4. The molecule has 2 aliphatic carbocycles. The molecule has 1 atom stereocenters. The highest BCUT2D eigenvalue weighted by molar-refractivity contribution is 7.90. The highest BCUT2D eigenvalue weighted by Crippen LogP contribution is 2.44. The Labute approximate surface area is 187 Å². The number of aromatic nitrogens is 1. The van der Waals surface area contributed by atoms with Crippen molar-refractivity contribution in [3.05, 3.63) is 29.0 Å². The molecule has 4 rings (SSSR count). The number of nitrogens with zero attached hydrogens (tertiary/aromatic N) is 1. The summed E-state index contributed by atoms with van der Waals surface area (Å²) in [5.41, 5.74) is 3.12. The van der Waals surface area contributed by atoms with Gasteiger partial charge in [0.1, 0.15) is 0 Å². The minimum Gasteiger partial charge on any atom is -0.481 e. The van der Waals surface area contributed by atoms with Crippen LogP contribution in [0.5, 0.6) is 0 Å². The number of carboxylic acids is 1. The number of carbonyl (C=O) groups is 2. The lowest BCUT2D eigenvalue weighted by Crippen LogP contribution is -2.21. The maximum Gasteiger partial charge on any atom is 0.304 e. The third kappa shape index (κ3) is 4.27. The quantitative estimate of drug-likeness (QED) is 0.499. The molecule has 6 nitrogen and oxygen atoms in total. The van der Waals surface area contributed by atoms with Gasteiger partial charge in [-0.2, -0.15) is 0 Å². The summed E-state index contributed by atoms with van der Waals surface area (Å²) in [6.07, 6.45) is 6.47. The lowest BCUT2D eigenvalue weighted by atomic mass is 9.88. The van der Waals surface area contributed by atoms with Crippen LogP contribution in [0, 0.1) is 5.92 Å². The standard InChI is InChI=1S/C23H28ClNO5S/c1-13(26)19-10-17(31(2,29)30)11-20-18-8-5-15(9-21(27)28)22(18)25(23(19)20)12-14-3-6-16(24)7-4-14/h10-11,14-16H,3-9,12H2,1-2H3,(H,27,28)/t14?,15-,16?/m1/s1. The van der Waals surface area contributed by atoms with Crippen LogP contribution in [0.2, 0.25) is 0 Å². The highest BCUT2D eigenvalue weighted by Gasteiger charge is 2.34. The van der Waals surface area contributed by atoms with E-state index >= 15 is 0 Å². The van der Waals surface area contributed by atoms with E-state index in [4.69, 9.17) is 11.6 Å². The van der Waals surface area contributed by atoms with Crippen molar-refractivity contribution in [1.82, 2.24) is 4.57 Å². The number of fused-ring (bicyclic) bond motifs is 3. The number of sulfone groups is 1. The van der Waals surface area contributed by atoms with Crippen LogP contribution in [0.25, 0.3) is 10.9 Å². The van der Waals surface area contributed by atoms with Crippen molar-refractivity contribution >= 4 is 44.1 Å². The molecule has 1 N–H and O–H groups in total. The summed E-state index contributed by atoms with van der Waals surface area (Å²) in [6, 6.07) is 3.15. The topological polar surface area (TPSA) is 93.4 Å². The van der Waals surface area contributed by atoms with E-state index in [0.29, 0.717) is 24.4 Å². The zero-order valence-corrected chi connectivity index (χ0v) is 19.4. The number of hydrogen-bond acceptors (Lipinski definition) is 4. The van der Waals surface area contributed by atoms with Crippen LogP contribution >= 0.6 is 11.6 Å². The molecule has 1 aromatic carbocycles. The largest absolute Gasteiger partial charge is 0.481 e. The monoisotopic (exact) mass is 465 g/mol. The zero-order valence-electron chi connectivity index (χ0n) is 17.9. The second-order valence-electron chi connectivity index (χ2n) is 9.12. The number of Topliss-reactive ketones (excluding diaryl/α,β-unsaturated/α-hetero) is 1. The molecule has 0 unspecified atom stereocenters. The van der Waals surface area contributed by atoms with E-state index < -0.39 is 15.8 Å². The minimum atomic E-state index is -3.49. The van der Waals surface area contributed by atoms with Gasteiger partial charge in [0, 0.05) is 40.7 Å². The Hall–Kier alpha value is -1.86. The number of aryl methyl sites for hydroxylation is 1. The van der Waals surface area contributed by atoms with Crippen LogP contribution in [0.4, 0.5) is 0 Å². The SMILES string of the molecule is CC(=O)c1cc(S(C)(=O)=O)cc2c3c(n(CC4CCC(Cl)CC4)c12)[C@@H](CC(=O)O)CC3. The second kappa shape index (κ2) is 8.24. The molecule has 31 heavy (non-hydrogen) atoms. The van der Waals surface area contributed by atoms with E-state index in [1.165, 1.54) is 13.0 Å². The van der Waals surface area contributed by atoms with Gasteiger partial charge in [-0.3, -0.25) is 9.59 Å². The Bertz CT molecular complexity index is 1160. The van der Waals surface area contributed by atoms with E-state index in [1.807, 2.05) is 0 Å². The lowest BCUT2D eigenvalue weighted by Gasteiger charge is -2.27. The van der Waals surface area contributed by atoms with E-state index in [1.54, 1.807) is 6.07 Å². The Morgan fingerprint density at radius 3 is 2.42 bits per heavy atom. The molecule has 8 heteroatoms. The van der Waals surface area contributed by atoms with E-state index in [-0.39, 0.29) is 28.4 Å². The van der Waals surface area contributed by atoms with Gasteiger partial charge < -0.3 is 9.67 Å². The molecule has 0 radical (unpaired) electrons. The Morgan fingerprint density at radius 2 is 1.84 bits per heavy atom. The van der Waals surface area contributed by atoms with E-state index in [0.717, 1.165) is 60.5 Å². The van der Waals surface area contributed by atoms with E-state index in [2.05, 4.69) is 4.57 Å². The van der Waals surface area contributed by atoms with Crippen molar-refractivity contribution in [2.24, 2.45) is 5.92 Å². The van der Waals surface area contributed by atoms with E-state index in [9.17, 15) is 23.1 Å². The van der Waals surface area contributed by atoms with Crippen LogP contribution in [-0.2, 0) is 27.6 Å². The number of ketones is 1. The molecule has 0 spiro atoms. The van der Waals surface area contributed by atoms with Crippen molar-refractivity contribution in [2.45, 2.75) is 74.6 Å². The first kappa shape index (κ1) is 22.3. The maximum atomic E-state index is 12.6. The summed E-state index contributed by atoms with van der Waals surface area (Å²) in [6.45, 7) is 2.15. The third-order valence-electron chi connectivity index (χ3n) is 6.85.